The third kappa shape index (κ3) is 4.94. The minimum Gasteiger partial charge on any atom is -0.246 e. The van der Waals surface area contributed by atoms with Gasteiger partial charge in [0.25, 0.3) is 0 Å². The molecule has 0 fully saturated rings. The minimum atomic E-state index is -7.21. The second-order valence-corrected chi connectivity index (χ2v) is 4.87. The Kier molecular flexibility index (Phi) is 7.27. The van der Waals surface area contributed by atoms with Crippen LogP contribution in [0.3, 0.4) is 0 Å². The van der Waals surface area contributed by atoms with E-state index in [1.807, 2.05) is 0 Å². The molecule has 13 heteroatoms. The maximum absolute atomic E-state index is 13.3. The molecule has 0 unspecified atom stereocenters. The second kappa shape index (κ2) is 7.62. The summed E-state index contributed by atoms with van der Waals surface area (Å²) in [6.45, 7) is 3.16. The van der Waals surface area contributed by atoms with Gasteiger partial charge in [-0.25, -0.2) is 13.5 Å². The quantitative estimate of drug-likeness (QED) is 0.231. The van der Waals surface area contributed by atoms with Crippen molar-refractivity contribution in [2.45, 2.75) is 62.1 Å². The summed E-state index contributed by atoms with van der Waals surface area (Å²) in [5.41, 5.74) is 0. The van der Waals surface area contributed by atoms with Crippen molar-refractivity contribution in [3.05, 3.63) is 12.7 Å². The molecule has 0 aliphatic carbocycles. The molecule has 1 nitrogen and oxygen atoms in total. The molecule has 0 radical (unpaired) electrons. The van der Waals surface area contributed by atoms with Crippen LogP contribution < -0.4 is 0 Å². The summed E-state index contributed by atoms with van der Waals surface area (Å²) in [5.74, 6) is -19.8. The SMILES string of the molecule is C=CCCCCC(F)(F)C(F)(F)C(F)(F)C(F)(F)OC(F)(F)C(F)F. The molecule has 0 aliphatic heterocycles. The molecular weight excluding hydrogens is 388 g/mol. The van der Waals surface area contributed by atoms with E-state index in [2.05, 4.69) is 6.58 Å². The number of halogens is 12. The van der Waals surface area contributed by atoms with Crippen molar-refractivity contribution >= 4 is 0 Å². The van der Waals surface area contributed by atoms with Crippen LogP contribution in [0.1, 0.15) is 25.7 Å². The molecule has 0 aliphatic rings. The lowest BCUT2D eigenvalue weighted by atomic mass is 9.98. The van der Waals surface area contributed by atoms with Crippen molar-refractivity contribution in [3.8, 4) is 0 Å². The summed E-state index contributed by atoms with van der Waals surface area (Å²) in [4.78, 5) is 0. The standard InChI is InChI=1S/C12H12F12O/c1-2-3-4-5-6-8(15,16)10(19,20)11(21,22)12(23,24)25-9(17,18)7(13)14/h2,7H,1,3-6H2. The van der Waals surface area contributed by atoms with Crippen molar-refractivity contribution in [1.29, 1.82) is 0 Å². The molecule has 0 saturated carbocycles. The molecule has 0 aromatic carbocycles. The molecule has 0 rings (SSSR count). The van der Waals surface area contributed by atoms with Crippen LogP contribution in [-0.2, 0) is 4.74 Å². The lowest BCUT2D eigenvalue weighted by Crippen LogP contribution is -2.64. The molecule has 0 amide bonds. The number of allylic oxidation sites excluding steroid dienone is 1. The monoisotopic (exact) mass is 400 g/mol. The van der Waals surface area contributed by atoms with E-state index in [4.69, 9.17) is 0 Å². The highest BCUT2D eigenvalue weighted by atomic mass is 19.4. The molecule has 0 heterocycles. The van der Waals surface area contributed by atoms with Crippen LogP contribution in [0, 0.1) is 0 Å². The van der Waals surface area contributed by atoms with Crippen LogP contribution >= 0.6 is 0 Å². The Hall–Kier alpha value is -1.14. The van der Waals surface area contributed by atoms with E-state index >= 15 is 0 Å². The van der Waals surface area contributed by atoms with Gasteiger partial charge >= 0.3 is 36.4 Å². The molecule has 0 aromatic heterocycles. The predicted molar refractivity (Wildman–Crippen MR) is 60.5 cm³/mol. The maximum atomic E-state index is 13.3. The fourth-order valence-corrected chi connectivity index (χ4v) is 1.48. The van der Waals surface area contributed by atoms with Crippen LogP contribution in [0.2, 0.25) is 0 Å². The summed E-state index contributed by atoms with van der Waals surface area (Å²) in [6.07, 6.45) is -20.2. The maximum Gasteiger partial charge on any atom is 0.430 e. The second-order valence-electron chi connectivity index (χ2n) is 4.87. The van der Waals surface area contributed by atoms with E-state index in [1.165, 1.54) is 6.08 Å². The van der Waals surface area contributed by atoms with Crippen LogP contribution in [0.25, 0.3) is 0 Å². The molecular formula is C12H12F12O. The summed E-state index contributed by atoms with van der Waals surface area (Å²) in [7, 11) is 0. The van der Waals surface area contributed by atoms with Gasteiger partial charge in [-0.2, -0.15) is 43.9 Å². The first-order valence-electron chi connectivity index (χ1n) is 6.44. The van der Waals surface area contributed by atoms with E-state index in [-0.39, 0.29) is 12.8 Å². The summed E-state index contributed by atoms with van der Waals surface area (Å²) >= 11 is 0. The molecule has 25 heavy (non-hydrogen) atoms. The normalized spacial score (nSPS) is 14.9. The molecule has 0 aromatic rings. The highest BCUT2D eigenvalue weighted by Gasteiger charge is 2.82. The Morgan fingerprint density at radius 1 is 0.800 bits per heavy atom. The zero-order chi connectivity index (χ0) is 20.3. The van der Waals surface area contributed by atoms with E-state index < -0.39 is 49.3 Å². The Labute approximate surface area is 133 Å². The first kappa shape index (κ1) is 23.9. The lowest BCUT2D eigenvalue weighted by molar-refractivity contribution is -0.484. The van der Waals surface area contributed by atoms with Crippen molar-refractivity contribution in [2.75, 3.05) is 0 Å². The molecule has 150 valence electrons. The van der Waals surface area contributed by atoms with Gasteiger partial charge in [-0.15, -0.1) is 6.58 Å². The topological polar surface area (TPSA) is 9.23 Å². The zero-order valence-electron chi connectivity index (χ0n) is 12.1. The number of hydrogen-bond donors (Lipinski definition) is 0. The molecule has 0 spiro atoms. The molecule has 0 N–H and O–H groups in total. The number of unbranched alkanes of at least 4 members (excludes halogenated alkanes) is 2. The van der Waals surface area contributed by atoms with Gasteiger partial charge in [0.05, 0.1) is 0 Å². The Morgan fingerprint density at radius 3 is 1.68 bits per heavy atom. The fourth-order valence-electron chi connectivity index (χ4n) is 1.48. The Bertz CT molecular complexity index is 445. The van der Waals surface area contributed by atoms with Gasteiger partial charge in [-0.05, 0) is 19.3 Å². The first-order chi connectivity index (χ1) is 11.0. The van der Waals surface area contributed by atoms with E-state index in [9.17, 15) is 52.7 Å². The predicted octanol–water partition coefficient (Wildman–Crippen LogP) is 6.11. The number of hydrogen-bond acceptors (Lipinski definition) is 1. The van der Waals surface area contributed by atoms with Gasteiger partial charge in [0, 0.05) is 6.42 Å². The van der Waals surface area contributed by atoms with Crippen LogP contribution in [-0.4, -0.2) is 36.4 Å². The number of ether oxygens (including phenoxy) is 1. The average molecular weight is 400 g/mol. The molecule has 0 bridgehead atoms. The van der Waals surface area contributed by atoms with Crippen LogP contribution in [0.4, 0.5) is 52.7 Å². The van der Waals surface area contributed by atoms with Gasteiger partial charge in [0.1, 0.15) is 0 Å². The molecule has 0 atom stereocenters. The largest absolute Gasteiger partial charge is 0.430 e. The van der Waals surface area contributed by atoms with Gasteiger partial charge in [0.2, 0.25) is 0 Å². The lowest BCUT2D eigenvalue weighted by Gasteiger charge is -2.37. The highest BCUT2D eigenvalue weighted by Crippen LogP contribution is 2.55. The summed E-state index contributed by atoms with van der Waals surface area (Å²) in [6, 6.07) is 0. The Balaban J connectivity index is 5.51. The fraction of sp³-hybridized carbons (Fsp3) is 0.833. The smallest absolute Gasteiger partial charge is 0.246 e. The highest BCUT2D eigenvalue weighted by molar-refractivity contribution is 5.01. The van der Waals surface area contributed by atoms with Crippen molar-refractivity contribution < 1.29 is 57.4 Å². The van der Waals surface area contributed by atoms with E-state index in [0.29, 0.717) is 0 Å². The van der Waals surface area contributed by atoms with Crippen LogP contribution in [0.15, 0.2) is 12.7 Å². The Morgan fingerprint density at radius 2 is 1.28 bits per heavy atom. The van der Waals surface area contributed by atoms with E-state index in [1.54, 1.807) is 4.74 Å². The third-order valence-electron chi connectivity index (χ3n) is 2.89. The summed E-state index contributed by atoms with van der Waals surface area (Å²) < 4.78 is 155. The van der Waals surface area contributed by atoms with Gasteiger partial charge in [-0.1, -0.05) is 6.08 Å². The third-order valence-corrected chi connectivity index (χ3v) is 2.89. The number of alkyl halides is 12. The summed E-state index contributed by atoms with van der Waals surface area (Å²) in [5, 5.41) is 0. The van der Waals surface area contributed by atoms with Crippen molar-refractivity contribution in [3.63, 3.8) is 0 Å². The van der Waals surface area contributed by atoms with Gasteiger partial charge < -0.3 is 0 Å². The first-order valence-corrected chi connectivity index (χ1v) is 6.44. The van der Waals surface area contributed by atoms with E-state index in [0.717, 1.165) is 0 Å². The van der Waals surface area contributed by atoms with Crippen molar-refractivity contribution in [2.24, 2.45) is 0 Å². The minimum absolute atomic E-state index is 0.0257. The molecule has 0 saturated heterocycles. The van der Waals surface area contributed by atoms with Gasteiger partial charge in [0.15, 0.2) is 0 Å². The number of rotatable bonds is 11. The zero-order valence-corrected chi connectivity index (χ0v) is 12.1. The van der Waals surface area contributed by atoms with Gasteiger partial charge in [-0.3, -0.25) is 0 Å². The van der Waals surface area contributed by atoms with Crippen molar-refractivity contribution in [1.82, 2.24) is 0 Å². The average Bonchev–Trinajstić information content (AvgIpc) is 2.41. The van der Waals surface area contributed by atoms with Crippen LogP contribution in [0.5, 0.6) is 0 Å².